The maximum absolute atomic E-state index is 13.1. The minimum absolute atomic E-state index is 0.141. The molecule has 4 rings (SSSR count). The molecule has 1 atom stereocenters. The summed E-state index contributed by atoms with van der Waals surface area (Å²) in [6.07, 6.45) is 10.3. The first-order valence-electron chi connectivity index (χ1n) is 17.1. The van der Waals surface area contributed by atoms with E-state index in [9.17, 15) is 18.0 Å². The number of nitrogens with zero attached hydrogens (tertiary/aromatic N) is 4. The number of carbonyl (C=O) groups excluding carboxylic acids is 2. The van der Waals surface area contributed by atoms with Crippen molar-refractivity contribution in [2.45, 2.75) is 102 Å². The topological polar surface area (TPSA) is 178 Å². The van der Waals surface area contributed by atoms with Gasteiger partial charge in [-0.2, -0.15) is 8.42 Å². The van der Waals surface area contributed by atoms with Crippen molar-refractivity contribution in [3.63, 3.8) is 0 Å². The second kappa shape index (κ2) is 17.0. The average Bonchev–Trinajstić information content (AvgIpc) is 3.65. The van der Waals surface area contributed by atoms with Crippen LogP contribution in [0.15, 0.2) is 52.3 Å². The summed E-state index contributed by atoms with van der Waals surface area (Å²) in [5.74, 6) is 0.457. The first-order chi connectivity index (χ1) is 23.5. The fourth-order valence-corrected chi connectivity index (χ4v) is 7.41. The van der Waals surface area contributed by atoms with Gasteiger partial charge in [-0.25, -0.2) is 24.5 Å². The van der Waals surface area contributed by atoms with Crippen LogP contribution in [0.2, 0.25) is 5.15 Å². The highest BCUT2D eigenvalue weighted by Gasteiger charge is 2.42. The number of nitrogens with two attached hydrogens (primary N) is 1. The van der Waals surface area contributed by atoms with Crippen LogP contribution in [0, 0.1) is 11.8 Å². The average molecular weight is 732 g/mol. The normalized spacial score (nSPS) is 18.5. The van der Waals surface area contributed by atoms with Crippen molar-refractivity contribution in [2.75, 3.05) is 19.7 Å². The number of aromatic nitrogens is 2. The van der Waals surface area contributed by atoms with E-state index in [0.717, 1.165) is 19.3 Å². The van der Waals surface area contributed by atoms with E-state index >= 15 is 0 Å². The van der Waals surface area contributed by atoms with Gasteiger partial charge in [0.1, 0.15) is 10.8 Å². The molecule has 0 radical (unpaired) electrons. The van der Waals surface area contributed by atoms with Gasteiger partial charge in [0.15, 0.2) is 16.7 Å². The summed E-state index contributed by atoms with van der Waals surface area (Å²) in [5, 5.41) is 2.77. The molecule has 13 nitrogen and oxygen atoms in total. The summed E-state index contributed by atoms with van der Waals surface area (Å²) in [5.41, 5.74) is 5.36. The molecule has 0 bridgehead atoms. The molecule has 1 saturated carbocycles. The zero-order chi connectivity index (χ0) is 36.5. The van der Waals surface area contributed by atoms with Crippen LogP contribution in [-0.4, -0.2) is 72.3 Å². The van der Waals surface area contributed by atoms with E-state index in [1.165, 1.54) is 56.2 Å². The number of hydrogen-bond acceptors (Lipinski definition) is 11. The smallest absolute Gasteiger partial charge is 0.410 e. The predicted molar refractivity (Wildman–Crippen MR) is 193 cm³/mol. The third-order valence-corrected chi connectivity index (χ3v) is 10.2. The Morgan fingerprint density at radius 3 is 2.56 bits per heavy atom. The summed E-state index contributed by atoms with van der Waals surface area (Å²) in [4.78, 5) is 39.9. The second-order valence-electron chi connectivity index (χ2n) is 14.5. The van der Waals surface area contributed by atoms with Gasteiger partial charge in [0.2, 0.25) is 0 Å². The van der Waals surface area contributed by atoms with Crippen LogP contribution >= 0.6 is 11.6 Å². The van der Waals surface area contributed by atoms with E-state index in [0.29, 0.717) is 37.9 Å². The van der Waals surface area contributed by atoms with Crippen LogP contribution in [0.3, 0.4) is 0 Å². The largest absolute Gasteiger partial charge is 0.479 e. The Bertz CT molecular complexity index is 1670. The van der Waals surface area contributed by atoms with Gasteiger partial charge in [-0.05, 0) is 96.5 Å². The van der Waals surface area contributed by atoms with Gasteiger partial charge in [-0.15, -0.1) is 0 Å². The molecular formula is C35H50ClN7O6S. The van der Waals surface area contributed by atoms with Crippen LogP contribution in [0.1, 0.15) is 95.6 Å². The van der Waals surface area contributed by atoms with Crippen LogP contribution in [0.25, 0.3) is 0 Å². The minimum Gasteiger partial charge on any atom is -0.479 e. The highest BCUT2D eigenvalue weighted by Crippen LogP contribution is 2.35. The van der Waals surface area contributed by atoms with Crippen molar-refractivity contribution in [3.8, 4) is 0 Å². The van der Waals surface area contributed by atoms with Crippen LogP contribution < -0.4 is 15.8 Å². The molecule has 274 valence electrons. The number of halogens is 1. The Hall–Kier alpha value is -3.75. The van der Waals surface area contributed by atoms with Crippen molar-refractivity contribution in [3.05, 3.63) is 58.7 Å². The third-order valence-electron chi connectivity index (χ3n) is 8.69. The number of sulfonamides is 1. The summed E-state index contributed by atoms with van der Waals surface area (Å²) in [6.45, 7) is 11.7. The monoisotopic (exact) mass is 731 g/mol. The van der Waals surface area contributed by atoms with Crippen LogP contribution in [-0.2, 0) is 26.0 Å². The molecule has 1 aliphatic carbocycles. The second-order valence-corrected chi connectivity index (χ2v) is 16.5. The zero-order valence-corrected chi connectivity index (χ0v) is 31.1. The van der Waals surface area contributed by atoms with E-state index in [1.54, 1.807) is 17.0 Å². The van der Waals surface area contributed by atoms with Gasteiger partial charge in [0, 0.05) is 30.9 Å². The highest BCUT2D eigenvalue weighted by atomic mass is 35.5. The molecule has 2 amide bonds. The fourth-order valence-electron chi connectivity index (χ4n) is 6.22. The number of amides is 2. The van der Waals surface area contributed by atoms with Crippen molar-refractivity contribution in [1.82, 2.24) is 24.9 Å². The Labute approximate surface area is 300 Å². The lowest BCUT2D eigenvalue weighted by Crippen LogP contribution is -2.45. The standard InChI is InChI=1S/C35H50ClN7O6S/c1-34(2,3)49-33(45)43-23-25(21-35(43,4)5)15-18-38-22-26-11-8-12-30(40-26)50(46,47)42-32(44)27-13-14-29(41-31(27)36)39-19-16-28(37)48-20-17-24-9-6-7-10-24/h8,11-14,16,19,24-25,38H,6-7,9-10,15,17-18,20-23,37H2,1-5H3,(H,42,44)/t25-/m0/s1. The van der Waals surface area contributed by atoms with Gasteiger partial charge in [0.25, 0.3) is 15.9 Å². The Morgan fingerprint density at radius 1 is 1.12 bits per heavy atom. The molecular weight excluding hydrogens is 682 g/mol. The quantitative estimate of drug-likeness (QED) is 0.0922. The van der Waals surface area contributed by atoms with Gasteiger partial charge >= 0.3 is 6.09 Å². The maximum Gasteiger partial charge on any atom is 0.410 e. The van der Waals surface area contributed by atoms with Crippen molar-refractivity contribution < 1.29 is 27.5 Å². The number of aliphatic imine (C=N–C) groups is 1. The van der Waals surface area contributed by atoms with E-state index in [1.807, 2.05) is 39.3 Å². The predicted octanol–water partition coefficient (Wildman–Crippen LogP) is 5.86. The number of hydrogen-bond donors (Lipinski definition) is 3. The molecule has 0 spiro atoms. The third kappa shape index (κ3) is 11.7. The van der Waals surface area contributed by atoms with E-state index in [4.69, 9.17) is 26.8 Å². The number of likely N-dealkylation sites (tertiary alicyclic amines) is 1. The molecule has 2 fully saturated rings. The first kappa shape index (κ1) is 39.0. The summed E-state index contributed by atoms with van der Waals surface area (Å²) >= 11 is 6.22. The van der Waals surface area contributed by atoms with Crippen molar-refractivity contribution in [1.29, 1.82) is 0 Å². The summed E-state index contributed by atoms with van der Waals surface area (Å²) < 4.78 is 39.3. The Morgan fingerprint density at radius 2 is 1.86 bits per heavy atom. The van der Waals surface area contributed by atoms with Gasteiger partial charge in [-0.3, -0.25) is 4.79 Å². The number of carbonyl (C=O) groups is 2. The zero-order valence-electron chi connectivity index (χ0n) is 29.6. The number of ether oxygens (including phenoxy) is 2. The fraction of sp³-hybridized carbons (Fsp3) is 0.571. The molecule has 2 aliphatic rings. The first-order valence-corrected chi connectivity index (χ1v) is 18.9. The SMILES string of the molecule is CC(C)(C)OC(=O)N1C[C@@H](CCNCc2cccc(S(=O)(=O)NC(=O)c3ccc(N=CC=C(N)OCCC4CCCC4)nc3Cl)n2)CC1(C)C. The molecule has 2 aromatic heterocycles. The summed E-state index contributed by atoms with van der Waals surface area (Å²) in [7, 11) is -4.32. The van der Waals surface area contributed by atoms with Gasteiger partial charge in [0.05, 0.1) is 17.9 Å². The molecule has 4 N–H and O–H groups in total. The highest BCUT2D eigenvalue weighted by molar-refractivity contribution is 7.90. The Balaban J connectivity index is 1.25. The van der Waals surface area contributed by atoms with E-state index in [-0.39, 0.29) is 45.0 Å². The lowest BCUT2D eigenvalue weighted by molar-refractivity contribution is 0.0130. The van der Waals surface area contributed by atoms with Gasteiger partial charge < -0.3 is 25.4 Å². The molecule has 0 aromatic carbocycles. The number of allylic oxidation sites excluding steroid dienone is 1. The molecule has 2 aromatic rings. The minimum atomic E-state index is -4.32. The van der Waals surface area contributed by atoms with Crippen LogP contribution in [0.4, 0.5) is 10.6 Å². The maximum atomic E-state index is 13.1. The number of rotatable bonds is 14. The van der Waals surface area contributed by atoms with Crippen molar-refractivity contribution in [2.24, 2.45) is 22.6 Å². The number of pyridine rings is 2. The lowest BCUT2D eigenvalue weighted by atomic mass is 9.94. The van der Waals surface area contributed by atoms with E-state index < -0.39 is 21.5 Å². The molecule has 15 heteroatoms. The van der Waals surface area contributed by atoms with E-state index in [2.05, 4.69) is 20.3 Å². The lowest BCUT2D eigenvalue weighted by Gasteiger charge is -2.33. The molecule has 50 heavy (non-hydrogen) atoms. The number of nitrogens with one attached hydrogen (secondary N) is 2. The Kier molecular flexibility index (Phi) is 13.3. The molecule has 3 heterocycles. The molecule has 1 saturated heterocycles. The van der Waals surface area contributed by atoms with Gasteiger partial charge in [-0.1, -0.05) is 43.4 Å². The molecule has 1 aliphatic heterocycles. The summed E-state index contributed by atoms with van der Waals surface area (Å²) in [6, 6.07) is 7.33. The van der Waals surface area contributed by atoms with Crippen LogP contribution in [0.5, 0.6) is 0 Å². The van der Waals surface area contributed by atoms with Crippen molar-refractivity contribution >= 4 is 45.7 Å². The molecule has 0 unspecified atom stereocenters.